The number of nitrogens with zero attached hydrogens (tertiary/aromatic N) is 1. The number of anilines is 2. The van der Waals surface area contributed by atoms with Gasteiger partial charge >= 0.3 is 6.18 Å². The van der Waals surface area contributed by atoms with Gasteiger partial charge in [0.05, 0.1) is 24.3 Å². The summed E-state index contributed by atoms with van der Waals surface area (Å²) in [5.41, 5.74) is 0.946. The summed E-state index contributed by atoms with van der Waals surface area (Å²) >= 11 is 0. The van der Waals surface area contributed by atoms with Crippen LogP contribution in [0.3, 0.4) is 0 Å². The molecule has 29 heavy (non-hydrogen) atoms. The molecule has 2 rings (SSSR count). The number of nitrogens with one attached hydrogen (secondary N) is 2. The zero-order valence-corrected chi connectivity index (χ0v) is 15.6. The molecule has 9 heteroatoms. The maximum absolute atomic E-state index is 12.7. The number of alkyl halides is 3. The number of aliphatic hydroxyl groups excluding tert-OH is 1. The first-order valence-electron chi connectivity index (χ1n) is 8.94. The molecule has 0 aliphatic rings. The van der Waals surface area contributed by atoms with E-state index in [9.17, 15) is 22.8 Å². The van der Waals surface area contributed by atoms with Crippen molar-refractivity contribution in [3.05, 3.63) is 60.2 Å². The highest BCUT2D eigenvalue weighted by atomic mass is 19.4. The first-order chi connectivity index (χ1) is 13.8. The van der Waals surface area contributed by atoms with Gasteiger partial charge in [-0.05, 0) is 30.7 Å². The topological polar surface area (TPSA) is 81.7 Å². The van der Waals surface area contributed by atoms with Gasteiger partial charge in [0.1, 0.15) is 0 Å². The van der Waals surface area contributed by atoms with Crippen LogP contribution in [0.1, 0.15) is 16.8 Å². The number of benzene rings is 2. The van der Waals surface area contributed by atoms with Gasteiger partial charge < -0.3 is 15.7 Å². The van der Waals surface area contributed by atoms with Crippen LogP contribution in [0.15, 0.2) is 54.6 Å². The third-order valence-electron chi connectivity index (χ3n) is 3.88. The fourth-order valence-corrected chi connectivity index (χ4v) is 2.66. The van der Waals surface area contributed by atoms with Crippen molar-refractivity contribution < 1.29 is 27.9 Å². The van der Waals surface area contributed by atoms with Crippen LogP contribution in [-0.2, 0) is 4.79 Å². The predicted octanol–water partition coefficient (Wildman–Crippen LogP) is 3.12. The highest BCUT2D eigenvalue weighted by molar-refractivity contribution is 6.10. The average molecular weight is 409 g/mol. The van der Waals surface area contributed by atoms with Crippen molar-refractivity contribution in [2.45, 2.75) is 12.6 Å². The summed E-state index contributed by atoms with van der Waals surface area (Å²) in [6.45, 7) is -2.15. The maximum atomic E-state index is 12.7. The highest BCUT2D eigenvalue weighted by Crippen LogP contribution is 2.19. The van der Waals surface area contributed by atoms with Crippen molar-refractivity contribution in [1.82, 2.24) is 4.90 Å². The average Bonchev–Trinajstić information content (AvgIpc) is 2.66. The number of rotatable bonds is 9. The summed E-state index contributed by atoms with van der Waals surface area (Å²) in [5.74, 6) is -1.15. The molecule has 0 bridgehead atoms. The fraction of sp³-hybridized carbons (Fsp3) is 0.300. The molecule has 0 spiro atoms. The van der Waals surface area contributed by atoms with Crippen LogP contribution in [0.5, 0.6) is 0 Å². The van der Waals surface area contributed by atoms with E-state index in [1.807, 2.05) is 0 Å². The number of hydrogen-bond donors (Lipinski definition) is 3. The third-order valence-corrected chi connectivity index (χ3v) is 3.88. The number of hydrogen-bond acceptors (Lipinski definition) is 4. The van der Waals surface area contributed by atoms with E-state index in [4.69, 9.17) is 5.11 Å². The van der Waals surface area contributed by atoms with Gasteiger partial charge in [0, 0.05) is 18.8 Å². The number of carbonyl (C=O) groups is 2. The monoisotopic (exact) mass is 409 g/mol. The number of aliphatic hydroxyl groups is 1. The summed E-state index contributed by atoms with van der Waals surface area (Å²) in [6.07, 6.45) is -4.36. The molecule has 0 saturated heterocycles. The van der Waals surface area contributed by atoms with E-state index < -0.39 is 31.1 Å². The second-order valence-electron chi connectivity index (χ2n) is 6.32. The van der Waals surface area contributed by atoms with Crippen LogP contribution in [0.25, 0.3) is 0 Å². The molecular weight excluding hydrogens is 387 g/mol. The molecular formula is C20H22F3N3O3. The highest BCUT2D eigenvalue weighted by Gasteiger charge is 2.31. The molecule has 0 aliphatic carbocycles. The van der Waals surface area contributed by atoms with Crippen molar-refractivity contribution in [3.8, 4) is 0 Å². The summed E-state index contributed by atoms with van der Waals surface area (Å²) < 4.78 is 38.1. The third kappa shape index (κ3) is 7.92. The van der Waals surface area contributed by atoms with Gasteiger partial charge in [-0.25, -0.2) is 0 Å². The molecule has 0 aliphatic heterocycles. The number of carbonyl (C=O) groups excluding carboxylic acids is 2. The summed E-state index contributed by atoms with van der Waals surface area (Å²) in [6, 6.07) is 14.9. The predicted molar refractivity (Wildman–Crippen MR) is 104 cm³/mol. The van der Waals surface area contributed by atoms with Gasteiger partial charge in [-0.1, -0.05) is 30.3 Å². The normalized spacial score (nSPS) is 11.3. The Kier molecular flexibility index (Phi) is 8.17. The summed E-state index contributed by atoms with van der Waals surface area (Å²) in [5, 5.41) is 14.0. The van der Waals surface area contributed by atoms with Crippen molar-refractivity contribution in [2.75, 3.05) is 36.9 Å². The molecule has 2 aromatic carbocycles. The maximum Gasteiger partial charge on any atom is 0.401 e. The lowest BCUT2D eigenvalue weighted by molar-refractivity contribution is -0.148. The minimum Gasteiger partial charge on any atom is -0.396 e. The molecule has 0 saturated carbocycles. The Morgan fingerprint density at radius 3 is 2.28 bits per heavy atom. The van der Waals surface area contributed by atoms with Crippen LogP contribution in [-0.4, -0.2) is 54.2 Å². The molecule has 0 heterocycles. The van der Waals surface area contributed by atoms with E-state index in [0.29, 0.717) is 5.69 Å². The zero-order valence-electron chi connectivity index (χ0n) is 15.6. The van der Waals surface area contributed by atoms with Crippen molar-refractivity contribution >= 4 is 23.2 Å². The van der Waals surface area contributed by atoms with Gasteiger partial charge in [-0.2, -0.15) is 13.2 Å². The Morgan fingerprint density at radius 2 is 1.62 bits per heavy atom. The van der Waals surface area contributed by atoms with Crippen LogP contribution in [0.4, 0.5) is 24.5 Å². The van der Waals surface area contributed by atoms with E-state index in [1.54, 1.807) is 42.5 Å². The van der Waals surface area contributed by atoms with Crippen molar-refractivity contribution in [1.29, 1.82) is 0 Å². The van der Waals surface area contributed by atoms with Crippen LogP contribution < -0.4 is 10.6 Å². The van der Waals surface area contributed by atoms with Crippen molar-refractivity contribution in [3.63, 3.8) is 0 Å². The van der Waals surface area contributed by atoms with Gasteiger partial charge in [0.25, 0.3) is 5.91 Å². The fourth-order valence-electron chi connectivity index (χ4n) is 2.66. The van der Waals surface area contributed by atoms with E-state index in [0.717, 1.165) is 4.90 Å². The number of halogens is 3. The van der Waals surface area contributed by atoms with E-state index in [2.05, 4.69) is 10.6 Å². The second-order valence-corrected chi connectivity index (χ2v) is 6.32. The van der Waals surface area contributed by atoms with Crippen LogP contribution in [0, 0.1) is 0 Å². The van der Waals surface area contributed by atoms with Crippen molar-refractivity contribution in [2.24, 2.45) is 0 Å². The van der Waals surface area contributed by atoms with Gasteiger partial charge in [0.2, 0.25) is 5.91 Å². The Balaban J connectivity index is 2.06. The molecule has 0 aromatic heterocycles. The SMILES string of the molecule is O=C(CN(CCCO)CC(F)(F)F)Nc1ccccc1C(=O)Nc1ccccc1. The van der Waals surface area contributed by atoms with E-state index >= 15 is 0 Å². The smallest absolute Gasteiger partial charge is 0.396 e. The molecule has 3 N–H and O–H groups in total. The lowest BCUT2D eigenvalue weighted by Gasteiger charge is -2.23. The van der Waals surface area contributed by atoms with E-state index in [-0.39, 0.29) is 30.8 Å². The molecule has 0 fully saturated rings. The Hall–Kier alpha value is -2.91. The number of amides is 2. The number of para-hydroxylation sites is 2. The minimum atomic E-state index is -4.47. The lowest BCUT2D eigenvalue weighted by Crippen LogP contribution is -2.40. The first-order valence-corrected chi connectivity index (χ1v) is 8.94. The largest absolute Gasteiger partial charge is 0.401 e. The quantitative estimate of drug-likeness (QED) is 0.595. The summed E-state index contributed by atoms with van der Waals surface area (Å²) in [7, 11) is 0. The molecule has 0 atom stereocenters. The first kappa shape index (κ1) is 22.4. The van der Waals surface area contributed by atoms with Crippen LogP contribution in [0.2, 0.25) is 0 Å². The van der Waals surface area contributed by atoms with Gasteiger partial charge in [-0.15, -0.1) is 0 Å². The standard InChI is InChI=1S/C20H22F3N3O3/c21-20(22,23)14-26(11-6-12-27)13-18(28)25-17-10-5-4-9-16(17)19(29)24-15-7-2-1-3-8-15/h1-5,7-10,27H,6,11-14H2,(H,24,29)(H,25,28). The molecule has 156 valence electrons. The second kappa shape index (κ2) is 10.6. The van der Waals surface area contributed by atoms with Gasteiger partial charge in [-0.3, -0.25) is 14.5 Å². The molecule has 0 unspecified atom stereocenters. The lowest BCUT2D eigenvalue weighted by atomic mass is 10.1. The molecule has 2 aromatic rings. The van der Waals surface area contributed by atoms with Gasteiger partial charge in [0.15, 0.2) is 0 Å². The Morgan fingerprint density at radius 1 is 0.966 bits per heavy atom. The molecule has 0 radical (unpaired) electrons. The molecule has 6 nitrogen and oxygen atoms in total. The minimum absolute atomic E-state index is 0.0838. The van der Waals surface area contributed by atoms with Crippen LogP contribution >= 0.6 is 0 Å². The molecule has 2 amide bonds. The Labute approximate surface area is 166 Å². The van der Waals surface area contributed by atoms with E-state index in [1.165, 1.54) is 12.1 Å². The Bertz CT molecular complexity index is 813. The zero-order chi connectivity index (χ0) is 21.3. The summed E-state index contributed by atoms with van der Waals surface area (Å²) in [4.78, 5) is 25.7.